The predicted octanol–water partition coefficient (Wildman–Crippen LogP) is 4.18. The number of nitrogens with one attached hydrogen (secondary N) is 1. The molecule has 1 saturated carbocycles. The smallest absolute Gasteiger partial charge is 0.161 e. The molecule has 1 fully saturated rings. The van der Waals surface area contributed by atoms with Crippen LogP contribution in [0.5, 0.6) is 5.75 Å². The summed E-state index contributed by atoms with van der Waals surface area (Å²) in [7, 11) is 1.83. The molecule has 1 aromatic carbocycles. The summed E-state index contributed by atoms with van der Waals surface area (Å²) in [6.45, 7) is 0. The van der Waals surface area contributed by atoms with E-state index in [0.717, 1.165) is 34.4 Å². The molecule has 2 N–H and O–H groups in total. The number of aromatic nitrogens is 2. The molecule has 1 heterocycles. The van der Waals surface area contributed by atoms with Crippen LogP contribution in [0.15, 0.2) is 22.7 Å². The fourth-order valence-corrected chi connectivity index (χ4v) is 2.91. The zero-order valence-electron chi connectivity index (χ0n) is 10.8. The van der Waals surface area contributed by atoms with Gasteiger partial charge in [-0.2, -0.15) is 0 Å². The van der Waals surface area contributed by atoms with Crippen molar-refractivity contribution in [3.63, 3.8) is 0 Å². The average molecular weight is 355 g/mol. The van der Waals surface area contributed by atoms with Gasteiger partial charge in [0.1, 0.15) is 11.6 Å². The lowest BCUT2D eigenvalue weighted by atomic mass is 10.2. The van der Waals surface area contributed by atoms with Crippen molar-refractivity contribution < 1.29 is 5.11 Å². The molecule has 0 amide bonds. The van der Waals surface area contributed by atoms with Gasteiger partial charge in [-0.3, -0.25) is 0 Å². The highest BCUT2D eigenvalue weighted by atomic mass is 79.9. The van der Waals surface area contributed by atoms with Gasteiger partial charge in [-0.25, -0.2) is 9.97 Å². The van der Waals surface area contributed by atoms with E-state index in [2.05, 4.69) is 31.2 Å². The molecular weight excluding hydrogens is 342 g/mol. The SMILES string of the molecule is CNc1nc(-c2ccc(O)c(Cl)c2)nc(C2CC2)c1Br. The summed E-state index contributed by atoms with van der Waals surface area (Å²) in [4.78, 5) is 9.14. The number of nitrogens with zero attached hydrogens (tertiary/aromatic N) is 2. The average Bonchev–Trinajstić information content (AvgIpc) is 3.27. The predicted molar refractivity (Wildman–Crippen MR) is 83.4 cm³/mol. The van der Waals surface area contributed by atoms with Crippen molar-refractivity contribution in [2.24, 2.45) is 0 Å². The first-order valence-electron chi connectivity index (χ1n) is 6.34. The number of aromatic hydroxyl groups is 1. The molecule has 0 bridgehead atoms. The third-order valence-electron chi connectivity index (χ3n) is 3.28. The van der Waals surface area contributed by atoms with Gasteiger partial charge in [0, 0.05) is 18.5 Å². The summed E-state index contributed by atoms with van der Waals surface area (Å²) in [5.74, 6) is 1.94. The number of hydrogen-bond acceptors (Lipinski definition) is 4. The number of benzene rings is 1. The van der Waals surface area contributed by atoms with Crippen LogP contribution >= 0.6 is 27.5 Å². The molecule has 6 heteroatoms. The van der Waals surface area contributed by atoms with Crippen molar-refractivity contribution >= 4 is 33.3 Å². The van der Waals surface area contributed by atoms with Crippen molar-refractivity contribution in [3.8, 4) is 17.1 Å². The van der Waals surface area contributed by atoms with Gasteiger partial charge in [-0.05, 0) is 47.0 Å². The van der Waals surface area contributed by atoms with E-state index in [1.54, 1.807) is 18.2 Å². The third kappa shape index (κ3) is 2.47. The first-order chi connectivity index (χ1) is 9.60. The molecule has 104 valence electrons. The minimum absolute atomic E-state index is 0.0591. The van der Waals surface area contributed by atoms with Crippen molar-refractivity contribution in [1.82, 2.24) is 9.97 Å². The Morgan fingerprint density at radius 1 is 1.35 bits per heavy atom. The zero-order valence-corrected chi connectivity index (χ0v) is 13.2. The van der Waals surface area contributed by atoms with Crippen LogP contribution in [0, 0.1) is 0 Å². The Bertz CT molecular complexity index is 674. The largest absolute Gasteiger partial charge is 0.506 e. The third-order valence-corrected chi connectivity index (χ3v) is 4.37. The number of phenols is 1. The van der Waals surface area contributed by atoms with Gasteiger partial charge in [0.05, 0.1) is 15.2 Å². The van der Waals surface area contributed by atoms with Crippen LogP contribution < -0.4 is 5.32 Å². The van der Waals surface area contributed by atoms with Crippen LogP contribution in [0.1, 0.15) is 24.5 Å². The molecule has 3 rings (SSSR count). The second kappa shape index (κ2) is 5.22. The second-order valence-corrected chi connectivity index (χ2v) is 5.99. The summed E-state index contributed by atoms with van der Waals surface area (Å²) in [5.41, 5.74) is 1.82. The summed E-state index contributed by atoms with van der Waals surface area (Å²) in [6, 6.07) is 5.00. The van der Waals surface area contributed by atoms with Crippen molar-refractivity contribution in [3.05, 3.63) is 33.4 Å². The minimum Gasteiger partial charge on any atom is -0.506 e. The number of rotatable bonds is 3. The number of halogens is 2. The van der Waals surface area contributed by atoms with Crippen molar-refractivity contribution in [2.45, 2.75) is 18.8 Å². The van der Waals surface area contributed by atoms with E-state index in [1.807, 2.05) is 7.05 Å². The minimum atomic E-state index is 0.0591. The Hall–Kier alpha value is -1.33. The maximum Gasteiger partial charge on any atom is 0.161 e. The fraction of sp³-hybridized carbons (Fsp3) is 0.286. The summed E-state index contributed by atoms with van der Waals surface area (Å²) in [5, 5.41) is 12.9. The van der Waals surface area contributed by atoms with Gasteiger partial charge in [0.25, 0.3) is 0 Å². The summed E-state index contributed by atoms with van der Waals surface area (Å²) >= 11 is 9.51. The Morgan fingerprint density at radius 2 is 2.10 bits per heavy atom. The van der Waals surface area contributed by atoms with Gasteiger partial charge in [-0.15, -0.1) is 0 Å². The molecular formula is C14H13BrClN3O. The highest BCUT2D eigenvalue weighted by molar-refractivity contribution is 9.10. The maximum absolute atomic E-state index is 9.50. The van der Waals surface area contributed by atoms with Gasteiger partial charge in [0.2, 0.25) is 0 Å². The first-order valence-corrected chi connectivity index (χ1v) is 7.51. The van der Waals surface area contributed by atoms with Crippen LogP contribution in [-0.2, 0) is 0 Å². The number of phenolic OH excluding ortho intramolecular Hbond substituents is 1. The maximum atomic E-state index is 9.50. The van der Waals surface area contributed by atoms with Crippen LogP contribution in [0.2, 0.25) is 5.02 Å². The number of hydrogen-bond donors (Lipinski definition) is 2. The van der Waals surface area contributed by atoms with Gasteiger partial charge in [-0.1, -0.05) is 11.6 Å². The Labute approximate surface area is 130 Å². The van der Waals surface area contributed by atoms with E-state index in [4.69, 9.17) is 11.6 Å². The molecule has 0 unspecified atom stereocenters. The van der Waals surface area contributed by atoms with E-state index in [1.165, 1.54) is 0 Å². The van der Waals surface area contributed by atoms with Crippen LogP contribution in [0.25, 0.3) is 11.4 Å². The van der Waals surface area contributed by atoms with E-state index in [-0.39, 0.29) is 5.75 Å². The van der Waals surface area contributed by atoms with Gasteiger partial charge < -0.3 is 10.4 Å². The normalized spacial score (nSPS) is 14.3. The van der Waals surface area contributed by atoms with Gasteiger partial charge >= 0.3 is 0 Å². The molecule has 1 aromatic heterocycles. The summed E-state index contributed by atoms with van der Waals surface area (Å²) < 4.78 is 0.927. The fourth-order valence-electron chi connectivity index (χ4n) is 2.03. The Balaban J connectivity index is 2.12. The lowest BCUT2D eigenvalue weighted by Crippen LogP contribution is -2.02. The Morgan fingerprint density at radius 3 is 2.70 bits per heavy atom. The monoisotopic (exact) mass is 353 g/mol. The molecule has 0 saturated heterocycles. The molecule has 4 nitrogen and oxygen atoms in total. The van der Waals surface area contributed by atoms with E-state index < -0.39 is 0 Å². The van der Waals surface area contributed by atoms with E-state index in [9.17, 15) is 5.11 Å². The quantitative estimate of drug-likeness (QED) is 0.868. The molecule has 0 spiro atoms. The van der Waals surface area contributed by atoms with Gasteiger partial charge in [0.15, 0.2) is 5.82 Å². The van der Waals surface area contributed by atoms with Crippen LogP contribution in [-0.4, -0.2) is 22.1 Å². The standard InChI is InChI=1S/C14H13BrClN3O/c1-17-14-11(15)12(7-2-3-7)18-13(19-14)8-4-5-10(20)9(16)6-8/h4-7,20H,2-3H2,1H3,(H,17,18,19). The topological polar surface area (TPSA) is 58.0 Å². The van der Waals surface area contributed by atoms with E-state index >= 15 is 0 Å². The van der Waals surface area contributed by atoms with Crippen molar-refractivity contribution in [2.75, 3.05) is 12.4 Å². The van der Waals surface area contributed by atoms with Crippen LogP contribution in [0.4, 0.5) is 5.82 Å². The lowest BCUT2D eigenvalue weighted by Gasteiger charge is -2.11. The number of anilines is 1. The van der Waals surface area contributed by atoms with Crippen molar-refractivity contribution in [1.29, 1.82) is 0 Å². The lowest BCUT2D eigenvalue weighted by molar-refractivity contribution is 0.475. The highest BCUT2D eigenvalue weighted by Crippen LogP contribution is 2.44. The molecule has 0 aliphatic heterocycles. The first kappa shape index (κ1) is 13.6. The Kier molecular flexibility index (Phi) is 3.56. The molecule has 1 aliphatic rings. The molecule has 1 aliphatic carbocycles. The summed E-state index contributed by atoms with van der Waals surface area (Å²) in [6.07, 6.45) is 2.32. The molecule has 0 atom stereocenters. The van der Waals surface area contributed by atoms with Crippen LogP contribution in [0.3, 0.4) is 0 Å². The highest BCUT2D eigenvalue weighted by Gasteiger charge is 2.29. The molecule has 0 radical (unpaired) electrons. The molecule has 2 aromatic rings. The molecule has 20 heavy (non-hydrogen) atoms. The zero-order chi connectivity index (χ0) is 14.3. The second-order valence-electron chi connectivity index (χ2n) is 4.79. The van der Waals surface area contributed by atoms with E-state index in [0.29, 0.717) is 16.8 Å².